The number of para-hydroxylation sites is 1. The average Bonchev–Trinajstić information content (AvgIpc) is 3.53. The van der Waals surface area contributed by atoms with E-state index in [-0.39, 0.29) is 0 Å². The van der Waals surface area contributed by atoms with Gasteiger partial charge in [0.25, 0.3) is 0 Å². The summed E-state index contributed by atoms with van der Waals surface area (Å²) in [6.45, 7) is 0. The van der Waals surface area contributed by atoms with E-state index in [9.17, 15) is 0 Å². The van der Waals surface area contributed by atoms with Crippen molar-refractivity contribution in [3.63, 3.8) is 0 Å². The van der Waals surface area contributed by atoms with Crippen LogP contribution in [0, 0.1) is 0 Å². The highest BCUT2D eigenvalue weighted by Gasteiger charge is 2.19. The van der Waals surface area contributed by atoms with E-state index in [1.54, 1.807) is 0 Å². The van der Waals surface area contributed by atoms with E-state index in [0.29, 0.717) is 17.5 Å². The highest BCUT2D eigenvalue weighted by molar-refractivity contribution is 6.14. The van der Waals surface area contributed by atoms with Gasteiger partial charge >= 0.3 is 0 Å². The summed E-state index contributed by atoms with van der Waals surface area (Å²) in [5, 5.41) is 4.59. The van der Waals surface area contributed by atoms with Crippen LogP contribution in [0.25, 0.3) is 89.1 Å². The van der Waals surface area contributed by atoms with Crippen LogP contribution in [0.15, 0.2) is 168 Å². The molecule has 9 rings (SSSR count). The maximum atomic E-state index is 6.51. The molecule has 0 saturated carbocycles. The molecule has 7 aromatic carbocycles. The molecule has 0 radical (unpaired) electrons. The summed E-state index contributed by atoms with van der Waals surface area (Å²) >= 11 is 0. The summed E-state index contributed by atoms with van der Waals surface area (Å²) in [6, 6.07) is 56.4. The summed E-state index contributed by atoms with van der Waals surface area (Å²) in [4.78, 5) is 15.0. The largest absolute Gasteiger partial charge is 0.456 e. The first-order chi connectivity index (χ1) is 23.3. The Hall–Kier alpha value is -6.39. The van der Waals surface area contributed by atoms with Crippen LogP contribution in [0.3, 0.4) is 0 Å². The Balaban J connectivity index is 1.29. The van der Waals surface area contributed by atoms with Gasteiger partial charge in [-0.2, -0.15) is 0 Å². The van der Waals surface area contributed by atoms with Crippen molar-refractivity contribution in [3.05, 3.63) is 164 Å². The number of aromatic nitrogens is 3. The predicted octanol–water partition coefficient (Wildman–Crippen LogP) is 11.3. The zero-order valence-corrected chi connectivity index (χ0v) is 25.3. The van der Waals surface area contributed by atoms with E-state index in [4.69, 9.17) is 19.4 Å². The first-order valence-electron chi connectivity index (χ1n) is 15.7. The third kappa shape index (κ3) is 4.84. The number of fused-ring (bicyclic) bond motifs is 4. The van der Waals surface area contributed by atoms with Crippen LogP contribution >= 0.6 is 0 Å². The van der Waals surface area contributed by atoms with Gasteiger partial charge in [-0.05, 0) is 57.3 Å². The lowest BCUT2D eigenvalue weighted by Crippen LogP contribution is -2.00. The van der Waals surface area contributed by atoms with Crippen LogP contribution in [0.5, 0.6) is 0 Å². The van der Waals surface area contributed by atoms with E-state index in [0.717, 1.165) is 55.3 Å². The average molecular weight is 602 g/mol. The molecule has 0 N–H and O–H groups in total. The molecule has 2 aromatic heterocycles. The van der Waals surface area contributed by atoms with Gasteiger partial charge in [0.1, 0.15) is 11.2 Å². The van der Waals surface area contributed by atoms with Gasteiger partial charge in [0, 0.05) is 27.5 Å². The molecule has 4 heteroatoms. The molecule has 0 bridgehead atoms. The first-order valence-corrected chi connectivity index (χ1v) is 15.7. The van der Waals surface area contributed by atoms with Crippen LogP contribution < -0.4 is 0 Å². The van der Waals surface area contributed by atoms with Gasteiger partial charge in [0.2, 0.25) is 0 Å². The molecule has 0 aliphatic carbocycles. The summed E-state index contributed by atoms with van der Waals surface area (Å²) in [5.41, 5.74) is 8.87. The van der Waals surface area contributed by atoms with Crippen molar-refractivity contribution in [3.8, 4) is 56.4 Å². The number of rotatable bonds is 5. The molecule has 47 heavy (non-hydrogen) atoms. The van der Waals surface area contributed by atoms with Crippen LogP contribution in [-0.2, 0) is 0 Å². The van der Waals surface area contributed by atoms with E-state index < -0.39 is 0 Å². The lowest BCUT2D eigenvalue weighted by Gasteiger charge is -2.12. The summed E-state index contributed by atoms with van der Waals surface area (Å²) < 4.78 is 6.51. The zero-order chi connectivity index (χ0) is 31.2. The number of hydrogen-bond acceptors (Lipinski definition) is 4. The Morgan fingerprint density at radius 1 is 0.340 bits per heavy atom. The Morgan fingerprint density at radius 2 is 0.872 bits per heavy atom. The minimum absolute atomic E-state index is 0.589. The van der Waals surface area contributed by atoms with Crippen molar-refractivity contribution >= 4 is 32.7 Å². The SMILES string of the molecule is c1ccc(-c2nc(-c3ccccc3)nc(-c3cc(-c4cccc(-c5cccc6ccccc56)c4)c4c(c3)oc3ccccc34)n2)cc1. The normalized spacial score (nSPS) is 11.4. The molecule has 0 amide bonds. The topological polar surface area (TPSA) is 51.8 Å². The van der Waals surface area contributed by atoms with Gasteiger partial charge in [-0.3, -0.25) is 0 Å². The molecule has 0 spiro atoms. The molecule has 0 saturated heterocycles. The third-order valence-electron chi connectivity index (χ3n) is 8.71. The van der Waals surface area contributed by atoms with Gasteiger partial charge < -0.3 is 4.42 Å². The number of hydrogen-bond donors (Lipinski definition) is 0. The molecule has 0 unspecified atom stereocenters. The Kier molecular flexibility index (Phi) is 6.43. The molecule has 0 aliphatic rings. The summed E-state index contributed by atoms with van der Waals surface area (Å²) in [5.74, 6) is 1.84. The van der Waals surface area contributed by atoms with Gasteiger partial charge in [-0.25, -0.2) is 15.0 Å². The van der Waals surface area contributed by atoms with Crippen molar-refractivity contribution < 1.29 is 4.42 Å². The number of benzene rings is 7. The van der Waals surface area contributed by atoms with E-state index in [1.807, 2.05) is 72.8 Å². The monoisotopic (exact) mass is 601 g/mol. The third-order valence-corrected chi connectivity index (χ3v) is 8.71. The highest BCUT2D eigenvalue weighted by Crippen LogP contribution is 2.41. The van der Waals surface area contributed by atoms with Crippen LogP contribution in [0.1, 0.15) is 0 Å². The Bertz CT molecular complexity index is 2510. The lowest BCUT2D eigenvalue weighted by atomic mass is 9.92. The van der Waals surface area contributed by atoms with Crippen molar-refractivity contribution in [2.75, 3.05) is 0 Å². The van der Waals surface area contributed by atoms with Crippen LogP contribution in [0.2, 0.25) is 0 Å². The quantitative estimate of drug-likeness (QED) is 0.197. The van der Waals surface area contributed by atoms with E-state index in [1.165, 1.54) is 16.3 Å². The van der Waals surface area contributed by atoms with Crippen molar-refractivity contribution in [1.82, 2.24) is 15.0 Å². The van der Waals surface area contributed by atoms with Crippen LogP contribution in [0.4, 0.5) is 0 Å². The second kappa shape index (κ2) is 11.2. The molecule has 2 heterocycles. The van der Waals surface area contributed by atoms with Crippen molar-refractivity contribution in [2.45, 2.75) is 0 Å². The van der Waals surface area contributed by atoms with E-state index in [2.05, 4.69) is 91.0 Å². The highest BCUT2D eigenvalue weighted by atomic mass is 16.3. The fourth-order valence-electron chi connectivity index (χ4n) is 6.48. The number of furan rings is 1. The molecule has 0 atom stereocenters. The Labute approximate surface area is 271 Å². The maximum Gasteiger partial charge on any atom is 0.164 e. The summed E-state index contributed by atoms with van der Waals surface area (Å²) in [7, 11) is 0. The zero-order valence-electron chi connectivity index (χ0n) is 25.3. The lowest BCUT2D eigenvalue weighted by molar-refractivity contribution is 0.669. The second-order valence-corrected chi connectivity index (χ2v) is 11.6. The van der Waals surface area contributed by atoms with Gasteiger partial charge in [-0.1, -0.05) is 140 Å². The van der Waals surface area contributed by atoms with Crippen molar-refractivity contribution in [2.24, 2.45) is 0 Å². The molecule has 0 aliphatic heterocycles. The van der Waals surface area contributed by atoms with Gasteiger partial charge in [0.15, 0.2) is 17.5 Å². The summed E-state index contributed by atoms with van der Waals surface area (Å²) in [6.07, 6.45) is 0. The molecular weight excluding hydrogens is 574 g/mol. The molecule has 9 aromatic rings. The number of nitrogens with zero attached hydrogens (tertiary/aromatic N) is 3. The predicted molar refractivity (Wildman–Crippen MR) is 192 cm³/mol. The second-order valence-electron chi connectivity index (χ2n) is 11.6. The Morgan fingerprint density at radius 3 is 1.60 bits per heavy atom. The smallest absolute Gasteiger partial charge is 0.164 e. The van der Waals surface area contributed by atoms with E-state index >= 15 is 0 Å². The first kappa shape index (κ1) is 27.0. The molecule has 0 fully saturated rings. The minimum Gasteiger partial charge on any atom is -0.456 e. The molecule has 4 nitrogen and oxygen atoms in total. The standard InChI is InChI=1S/C43H27N3O/c1-3-14-29(15-4-1)41-44-42(30-16-5-2-6-17-30)46-43(45-41)33-26-37(40-36-22-9-10-24-38(36)47-39(40)27-33)32-20-11-19-31(25-32)35-23-12-18-28-13-7-8-21-34(28)35/h1-27H. The fraction of sp³-hybridized carbons (Fsp3) is 0. The minimum atomic E-state index is 0.589. The van der Waals surface area contributed by atoms with Gasteiger partial charge in [0.05, 0.1) is 0 Å². The van der Waals surface area contributed by atoms with Gasteiger partial charge in [-0.15, -0.1) is 0 Å². The molecule has 220 valence electrons. The fourth-order valence-corrected chi connectivity index (χ4v) is 6.48. The van der Waals surface area contributed by atoms with Crippen LogP contribution in [-0.4, -0.2) is 15.0 Å². The molecular formula is C43H27N3O. The van der Waals surface area contributed by atoms with Crippen molar-refractivity contribution in [1.29, 1.82) is 0 Å². The maximum absolute atomic E-state index is 6.51.